The molecule has 2 aromatic heterocycles. The third-order valence-electron chi connectivity index (χ3n) is 8.49. The number of imidazole rings is 1. The fourth-order valence-corrected chi connectivity index (χ4v) is 6.71. The molecule has 0 N–H and O–H groups in total. The van der Waals surface area contributed by atoms with E-state index < -0.39 is 0 Å². The molecule has 0 radical (unpaired) electrons. The molecule has 42 heavy (non-hydrogen) atoms. The fourth-order valence-electron chi connectivity index (χ4n) is 6.71. The quantitative estimate of drug-likeness (QED) is 0.206. The minimum absolute atomic E-state index is 0.931. The average Bonchev–Trinajstić information content (AvgIpc) is 3.63. The van der Waals surface area contributed by atoms with Gasteiger partial charge in [-0.3, -0.25) is 4.57 Å². The fraction of sp³-hybridized carbons (Fsp3) is 0. The second-order valence-corrected chi connectivity index (χ2v) is 10.8. The monoisotopic (exact) mass is 535 g/mol. The highest BCUT2D eigenvalue weighted by Crippen LogP contribution is 2.40. The zero-order valence-electron chi connectivity index (χ0n) is 22.8. The van der Waals surface area contributed by atoms with E-state index in [9.17, 15) is 0 Å². The summed E-state index contributed by atoms with van der Waals surface area (Å²) in [4.78, 5) is 5.44. The Morgan fingerprint density at radius 1 is 0.381 bits per heavy atom. The van der Waals surface area contributed by atoms with E-state index in [1.807, 2.05) is 0 Å². The summed E-state index contributed by atoms with van der Waals surface area (Å²) in [6, 6.07) is 54.1. The highest BCUT2D eigenvalue weighted by molar-refractivity contribution is 6.24. The Labute approximate surface area is 242 Å². The Hall–Kier alpha value is -5.67. The normalized spacial score (nSPS) is 11.8. The molecule has 9 aromatic rings. The molecule has 9 rings (SSSR count). The van der Waals surface area contributed by atoms with Crippen LogP contribution in [0.5, 0.6) is 0 Å². The summed E-state index contributed by atoms with van der Waals surface area (Å²) in [5.41, 5.74) is 7.83. The van der Waals surface area contributed by atoms with Gasteiger partial charge in [-0.15, -0.1) is 0 Å². The molecule has 2 heterocycles. The molecule has 0 bridgehead atoms. The summed E-state index contributed by atoms with van der Waals surface area (Å²) in [5, 5.41) is 7.35. The SMILES string of the molecule is c1ccc(-n2c(-c3cccc(-n4c5ccccc5c5ccccc54)c3)nc3c4ccccc4c4ccccc4c32)cc1. The van der Waals surface area contributed by atoms with Gasteiger partial charge in [-0.2, -0.15) is 0 Å². The van der Waals surface area contributed by atoms with Crippen molar-refractivity contribution >= 4 is 54.4 Å². The van der Waals surface area contributed by atoms with Crippen LogP contribution in [0, 0.1) is 0 Å². The highest BCUT2D eigenvalue weighted by Gasteiger charge is 2.20. The van der Waals surface area contributed by atoms with Crippen LogP contribution in [0.4, 0.5) is 0 Å². The summed E-state index contributed by atoms with van der Waals surface area (Å²) in [6.07, 6.45) is 0. The lowest BCUT2D eigenvalue weighted by molar-refractivity contribution is 1.10. The largest absolute Gasteiger partial charge is 0.309 e. The first-order chi connectivity index (χ1) is 20.9. The summed E-state index contributed by atoms with van der Waals surface area (Å²) in [6.45, 7) is 0. The molecule has 0 saturated heterocycles. The van der Waals surface area contributed by atoms with Crippen LogP contribution in [-0.2, 0) is 0 Å². The Bertz CT molecular complexity index is 2410. The molecule has 0 saturated carbocycles. The van der Waals surface area contributed by atoms with E-state index in [0.29, 0.717) is 0 Å². The van der Waals surface area contributed by atoms with Gasteiger partial charge >= 0.3 is 0 Å². The van der Waals surface area contributed by atoms with Crippen LogP contribution in [0.1, 0.15) is 0 Å². The summed E-state index contributed by atoms with van der Waals surface area (Å²) in [5.74, 6) is 0.931. The van der Waals surface area contributed by atoms with Crippen molar-refractivity contribution in [3.8, 4) is 22.8 Å². The van der Waals surface area contributed by atoms with Crippen LogP contribution in [0.15, 0.2) is 152 Å². The molecule has 0 aliphatic carbocycles. The van der Waals surface area contributed by atoms with Crippen molar-refractivity contribution < 1.29 is 0 Å². The Morgan fingerprint density at radius 2 is 0.905 bits per heavy atom. The lowest BCUT2D eigenvalue weighted by Crippen LogP contribution is -1.99. The Kier molecular flexibility index (Phi) is 4.90. The van der Waals surface area contributed by atoms with Crippen molar-refractivity contribution in [1.82, 2.24) is 14.1 Å². The number of benzene rings is 7. The van der Waals surface area contributed by atoms with Gasteiger partial charge in [0, 0.05) is 38.5 Å². The number of para-hydroxylation sites is 3. The molecular weight excluding hydrogens is 510 g/mol. The number of fused-ring (bicyclic) bond motifs is 9. The maximum absolute atomic E-state index is 5.44. The number of nitrogens with zero attached hydrogens (tertiary/aromatic N) is 3. The van der Waals surface area contributed by atoms with Crippen molar-refractivity contribution in [1.29, 1.82) is 0 Å². The summed E-state index contributed by atoms with van der Waals surface area (Å²) >= 11 is 0. The minimum Gasteiger partial charge on any atom is -0.309 e. The van der Waals surface area contributed by atoms with Gasteiger partial charge in [0.05, 0.1) is 22.1 Å². The molecule has 0 spiro atoms. The molecule has 0 fully saturated rings. The smallest absolute Gasteiger partial charge is 0.145 e. The van der Waals surface area contributed by atoms with Crippen LogP contribution in [0.25, 0.3) is 77.1 Å². The van der Waals surface area contributed by atoms with Gasteiger partial charge in [0.25, 0.3) is 0 Å². The second-order valence-electron chi connectivity index (χ2n) is 10.8. The first-order valence-electron chi connectivity index (χ1n) is 14.3. The van der Waals surface area contributed by atoms with E-state index in [1.165, 1.54) is 43.4 Å². The van der Waals surface area contributed by atoms with E-state index in [-0.39, 0.29) is 0 Å². The molecule has 7 aromatic carbocycles. The predicted molar refractivity (Wildman–Crippen MR) is 176 cm³/mol. The maximum atomic E-state index is 5.44. The lowest BCUT2D eigenvalue weighted by Gasteiger charge is -2.13. The van der Waals surface area contributed by atoms with Crippen LogP contribution in [0.2, 0.25) is 0 Å². The Balaban J connectivity index is 1.39. The van der Waals surface area contributed by atoms with Gasteiger partial charge in [-0.25, -0.2) is 4.98 Å². The topological polar surface area (TPSA) is 22.8 Å². The molecule has 3 nitrogen and oxygen atoms in total. The minimum atomic E-state index is 0.931. The van der Waals surface area contributed by atoms with Gasteiger partial charge in [0.15, 0.2) is 0 Å². The van der Waals surface area contributed by atoms with E-state index >= 15 is 0 Å². The number of aromatic nitrogens is 3. The van der Waals surface area contributed by atoms with Gasteiger partial charge in [-0.05, 0) is 47.2 Å². The standard InChI is InChI=1S/C39H25N3/c1-2-14-27(15-3-1)42-38-34-22-7-5-18-30(34)29-17-4-6-21-33(29)37(38)40-39(42)26-13-12-16-28(25-26)41-35-23-10-8-19-31(35)32-20-9-11-24-36(32)41/h1-25H. The van der Waals surface area contributed by atoms with Crippen molar-refractivity contribution in [2.45, 2.75) is 0 Å². The highest BCUT2D eigenvalue weighted by atomic mass is 15.1. The third-order valence-corrected chi connectivity index (χ3v) is 8.49. The van der Waals surface area contributed by atoms with Crippen molar-refractivity contribution in [2.24, 2.45) is 0 Å². The van der Waals surface area contributed by atoms with Gasteiger partial charge in [0.2, 0.25) is 0 Å². The molecule has 196 valence electrons. The molecule has 0 atom stereocenters. The van der Waals surface area contributed by atoms with E-state index in [4.69, 9.17) is 4.98 Å². The Morgan fingerprint density at radius 3 is 1.60 bits per heavy atom. The lowest BCUT2D eigenvalue weighted by atomic mass is 10.00. The third kappa shape index (κ3) is 3.25. The first kappa shape index (κ1) is 23.1. The van der Waals surface area contributed by atoms with Crippen LogP contribution >= 0.6 is 0 Å². The molecule has 0 amide bonds. The van der Waals surface area contributed by atoms with Crippen molar-refractivity contribution in [3.63, 3.8) is 0 Å². The molecule has 0 aliphatic heterocycles. The number of rotatable bonds is 3. The van der Waals surface area contributed by atoms with E-state index in [1.54, 1.807) is 0 Å². The molecule has 0 aliphatic rings. The predicted octanol–water partition coefficient (Wildman–Crippen LogP) is 10.1. The first-order valence-corrected chi connectivity index (χ1v) is 14.3. The van der Waals surface area contributed by atoms with Gasteiger partial charge in [0.1, 0.15) is 5.82 Å². The van der Waals surface area contributed by atoms with E-state index in [2.05, 4.69) is 161 Å². The summed E-state index contributed by atoms with van der Waals surface area (Å²) < 4.78 is 4.71. The summed E-state index contributed by atoms with van der Waals surface area (Å²) in [7, 11) is 0. The molecular formula is C39H25N3. The van der Waals surface area contributed by atoms with Gasteiger partial charge < -0.3 is 4.57 Å². The molecule has 3 heteroatoms. The maximum Gasteiger partial charge on any atom is 0.145 e. The van der Waals surface area contributed by atoms with Crippen molar-refractivity contribution in [2.75, 3.05) is 0 Å². The average molecular weight is 536 g/mol. The number of hydrogen-bond acceptors (Lipinski definition) is 1. The van der Waals surface area contributed by atoms with E-state index in [0.717, 1.165) is 33.8 Å². The second kappa shape index (κ2) is 8.92. The van der Waals surface area contributed by atoms with Crippen LogP contribution in [-0.4, -0.2) is 14.1 Å². The number of hydrogen-bond donors (Lipinski definition) is 0. The zero-order chi connectivity index (χ0) is 27.6. The van der Waals surface area contributed by atoms with Gasteiger partial charge in [-0.1, -0.05) is 115 Å². The zero-order valence-corrected chi connectivity index (χ0v) is 22.8. The van der Waals surface area contributed by atoms with Crippen LogP contribution < -0.4 is 0 Å². The molecule has 0 unspecified atom stereocenters. The van der Waals surface area contributed by atoms with Crippen LogP contribution in [0.3, 0.4) is 0 Å². The van der Waals surface area contributed by atoms with Crippen molar-refractivity contribution in [3.05, 3.63) is 152 Å².